The van der Waals surface area contributed by atoms with Gasteiger partial charge in [0.05, 0.1) is 0 Å². The molecular weight excluding hydrogens is 362 g/mol. The van der Waals surface area contributed by atoms with Crippen LogP contribution in [0.4, 0.5) is 0 Å². The van der Waals surface area contributed by atoms with Crippen LogP contribution >= 0.6 is 0 Å². The van der Waals surface area contributed by atoms with Crippen LogP contribution in [0.1, 0.15) is 55.9 Å². The van der Waals surface area contributed by atoms with Crippen molar-refractivity contribution in [3.63, 3.8) is 0 Å². The molecule has 1 saturated heterocycles. The average molecular weight is 394 g/mol. The van der Waals surface area contributed by atoms with Gasteiger partial charge in [0.25, 0.3) is 0 Å². The molecule has 0 saturated carbocycles. The lowest BCUT2D eigenvalue weighted by Crippen LogP contribution is -2.64. The van der Waals surface area contributed by atoms with Crippen molar-refractivity contribution in [3.05, 3.63) is 58.2 Å². The highest BCUT2D eigenvalue weighted by molar-refractivity contribution is 5.67. The molecule has 0 spiro atoms. The summed E-state index contributed by atoms with van der Waals surface area (Å²) in [7, 11) is 1.59. The maximum Gasteiger partial charge on any atom is 0.197 e. The molecule has 5 atom stereocenters. The van der Waals surface area contributed by atoms with E-state index >= 15 is 0 Å². The Morgan fingerprint density at radius 2 is 2.07 bits per heavy atom. The van der Waals surface area contributed by atoms with E-state index in [-0.39, 0.29) is 5.92 Å². The lowest BCUT2D eigenvalue weighted by atomic mass is 9.67. The zero-order chi connectivity index (χ0) is 20.3. The van der Waals surface area contributed by atoms with Crippen molar-refractivity contribution in [1.82, 2.24) is 4.90 Å². The first-order valence-electron chi connectivity index (χ1n) is 10.8. The molecule has 154 valence electrons. The summed E-state index contributed by atoms with van der Waals surface area (Å²) in [6.07, 6.45) is 11.2. The number of ether oxygens (including phenoxy) is 2. The van der Waals surface area contributed by atoms with Gasteiger partial charge in [-0.05, 0) is 72.4 Å². The number of hydrogen-bond donors (Lipinski definition) is 1. The average Bonchev–Trinajstić information content (AvgIpc) is 2.70. The molecule has 4 heteroatoms. The Hall–Kier alpha value is -2.04. The van der Waals surface area contributed by atoms with Crippen molar-refractivity contribution in [2.45, 2.75) is 58.4 Å². The quantitative estimate of drug-likeness (QED) is 0.740. The van der Waals surface area contributed by atoms with Crippen LogP contribution in [0.5, 0.6) is 0 Å². The van der Waals surface area contributed by atoms with Gasteiger partial charge in [0.1, 0.15) is 11.3 Å². The molecule has 1 aromatic rings. The molecule has 2 aliphatic heterocycles. The van der Waals surface area contributed by atoms with E-state index in [1.54, 1.807) is 7.11 Å². The zero-order valence-corrected chi connectivity index (χ0v) is 17.8. The molecule has 1 N–H and O–H groups in total. The molecule has 0 radical (unpaired) electrons. The van der Waals surface area contributed by atoms with Crippen molar-refractivity contribution in [2.24, 2.45) is 17.8 Å². The highest BCUT2D eigenvalue weighted by Crippen LogP contribution is 2.52. The molecule has 5 unspecified atom stereocenters. The van der Waals surface area contributed by atoms with Gasteiger partial charge < -0.3 is 19.5 Å². The summed E-state index contributed by atoms with van der Waals surface area (Å²) in [4.78, 5) is 2.24. The van der Waals surface area contributed by atoms with Crippen molar-refractivity contribution >= 4 is 12.2 Å². The van der Waals surface area contributed by atoms with E-state index in [4.69, 9.17) is 9.47 Å². The molecule has 2 heterocycles. The molecule has 0 aromatic heterocycles. The number of fused-ring (bicyclic) bond motifs is 4. The number of aliphatic hydroxyl groups is 1. The summed E-state index contributed by atoms with van der Waals surface area (Å²) >= 11 is 0. The molecule has 5 rings (SSSR count). The van der Waals surface area contributed by atoms with Crippen molar-refractivity contribution < 1.29 is 14.6 Å². The highest BCUT2D eigenvalue weighted by Gasteiger charge is 2.56. The summed E-state index contributed by atoms with van der Waals surface area (Å²) in [6, 6.07) is 4.63. The zero-order valence-electron chi connectivity index (χ0n) is 17.8. The van der Waals surface area contributed by atoms with Crippen LogP contribution < -0.4 is 0 Å². The Kier molecular flexibility index (Phi) is 4.41. The Morgan fingerprint density at radius 3 is 2.86 bits per heavy atom. The molecule has 1 aromatic carbocycles. The maximum atomic E-state index is 11.1. The van der Waals surface area contributed by atoms with Gasteiger partial charge in [-0.25, -0.2) is 0 Å². The number of methoxy groups -OCH3 is 1. The van der Waals surface area contributed by atoms with E-state index in [9.17, 15) is 5.11 Å². The Balaban J connectivity index is 1.65. The van der Waals surface area contributed by atoms with Gasteiger partial charge >= 0.3 is 0 Å². The van der Waals surface area contributed by atoms with Crippen LogP contribution in [0, 0.1) is 17.8 Å². The summed E-state index contributed by atoms with van der Waals surface area (Å²) in [5, 5.41) is 11.1. The highest BCUT2D eigenvalue weighted by atomic mass is 16.6. The fraction of sp³-hybridized carbons (Fsp3) is 0.520. The SMILES string of the molecule is COC(O)C1(C)C2C(=CC(C)CC2C)OC2=Cc3cc4c(cc3CN21)CCC=C4. The number of hydrogen-bond acceptors (Lipinski definition) is 4. The van der Waals surface area contributed by atoms with Gasteiger partial charge in [-0.1, -0.05) is 32.1 Å². The van der Waals surface area contributed by atoms with Gasteiger partial charge in [0.2, 0.25) is 0 Å². The van der Waals surface area contributed by atoms with E-state index in [2.05, 4.69) is 62.1 Å². The molecule has 0 amide bonds. The van der Waals surface area contributed by atoms with E-state index in [0.717, 1.165) is 37.4 Å². The van der Waals surface area contributed by atoms with Crippen LogP contribution in [0.25, 0.3) is 12.2 Å². The number of aliphatic hydroxyl groups excluding tert-OH is 1. The fourth-order valence-electron chi connectivity index (χ4n) is 6.00. The number of allylic oxidation sites excluding steroid dienone is 2. The molecule has 4 nitrogen and oxygen atoms in total. The minimum Gasteiger partial charge on any atom is -0.445 e. The van der Waals surface area contributed by atoms with Crippen LogP contribution in [0.2, 0.25) is 0 Å². The Morgan fingerprint density at radius 1 is 1.24 bits per heavy atom. The molecule has 4 aliphatic rings. The maximum absolute atomic E-state index is 11.1. The second-order valence-electron chi connectivity index (χ2n) is 9.41. The second-order valence-corrected chi connectivity index (χ2v) is 9.41. The summed E-state index contributed by atoms with van der Waals surface area (Å²) in [5.41, 5.74) is 4.65. The number of benzene rings is 1. The van der Waals surface area contributed by atoms with Crippen LogP contribution in [0.15, 0.2) is 35.9 Å². The third-order valence-electron chi connectivity index (χ3n) is 7.38. The first-order valence-corrected chi connectivity index (χ1v) is 10.8. The Bertz CT molecular complexity index is 930. The van der Waals surface area contributed by atoms with Crippen molar-refractivity contribution in [1.29, 1.82) is 0 Å². The van der Waals surface area contributed by atoms with E-state index in [0.29, 0.717) is 11.8 Å². The van der Waals surface area contributed by atoms with Crippen molar-refractivity contribution in [2.75, 3.05) is 7.11 Å². The normalized spacial score (nSPS) is 33.4. The smallest absolute Gasteiger partial charge is 0.197 e. The minimum atomic E-state index is -0.902. The number of aryl methyl sites for hydroxylation is 1. The van der Waals surface area contributed by atoms with Gasteiger partial charge in [-0.2, -0.15) is 0 Å². The third-order valence-corrected chi connectivity index (χ3v) is 7.38. The number of rotatable bonds is 2. The third kappa shape index (κ3) is 2.80. The lowest BCUT2D eigenvalue weighted by molar-refractivity contribution is -0.210. The second kappa shape index (κ2) is 6.75. The monoisotopic (exact) mass is 393 g/mol. The predicted molar refractivity (Wildman–Crippen MR) is 114 cm³/mol. The lowest BCUT2D eigenvalue weighted by Gasteiger charge is -2.57. The van der Waals surface area contributed by atoms with Crippen LogP contribution in [0.3, 0.4) is 0 Å². The van der Waals surface area contributed by atoms with Gasteiger partial charge in [-0.3, -0.25) is 0 Å². The predicted octanol–water partition coefficient (Wildman–Crippen LogP) is 4.69. The summed E-state index contributed by atoms with van der Waals surface area (Å²) < 4.78 is 12.0. The first-order chi connectivity index (χ1) is 13.9. The Labute approximate surface area is 173 Å². The van der Waals surface area contributed by atoms with Crippen LogP contribution in [-0.2, 0) is 22.4 Å². The van der Waals surface area contributed by atoms with Gasteiger partial charge in [0.15, 0.2) is 12.2 Å². The molecule has 1 fully saturated rings. The van der Waals surface area contributed by atoms with Crippen LogP contribution in [-0.4, -0.2) is 28.9 Å². The first kappa shape index (κ1) is 19.0. The minimum absolute atomic E-state index is 0.0907. The standard InChI is InChI=1S/C25H31NO3/c1-15-9-16(2)23-21(10-15)29-22-13-19-11-17-7-5-6-8-18(17)12-20(19)14-26(22)25(23,3)24(27)28-4/h5,7,10-13,15-16,23-24,27H,6,8-9,14H2,1-4H3. The van der Waals surface area contributed by atoms with Gasteiger partial charge in [0, 0.05) is 25.6 Å². The molecule has 29 heavy (non-hydrogen) atoms. The topological polar surface area (TPSA) is 41.9 Å². The molecule has 0 bridgehead atoms. The van der Waals surface area contributed by atoms with Crippen molar-refractivity contribution in [3.8, 4) is 0 Å². The fourth-order valence-corrected chi connectivity index (χ4v) is 6.00. The van der Waals surface area contributed by atoms with E-state index in [1.165, 1.54) is 22.3 Å². The largest absolute Gasteiger partial charge is 0.445 e. The summed E-state index contributed by atoms with van der Waals surface area (Å²) in [6.45, 7) is 7.37. The molecular formula is C25H31NO3. The van der Waals surface area contributed by atoms with E-state index < -0.39 is 11.8 Å². The van der Waals surface area contributed by atoms with E-state index in [1.807, 2.05) is 0 Å². The molecule has 2 aliphatic carbocycles. The summed E-state index contributed by atoms with van der Waals surface area (Å²) in [5.74, 6) is 2.77. The number of nitrogens with zero attached hydrogens (tertiary/aromatic N) is 1. The van der Waals surface area contributed by atoms with Gasteiger partial charge in [-0.15, -0.1) is 0 Å².